The molecule has 1 aromatic heterocycles. The molecule has 0 atom stereocenters. The smallest absolute Gasteiger partial charge is 0.186 e. The second-order valence-corrected chi connectivity index (χ2v) is 3.53. The number of hydrogen-bond donors (Lipinski definition) is 2. The van der Waals surface area contributed by atoms with Crippen LogP contribution >= 0.6 is 0 Å². The van der Waals surface area contributed by atoms with Crippen molar-refractivity contribution in [1.29, 1.82) is 0 Å². The van der Waals surface area contributed by atoms with Gasteiger partial charge in [-0.05, 0) is 25.1 Å². The van der Waals surface area contributed by atoms with Gasteiger partial charge in [0.15, 0.2) is 5.96 Å². The average molecular weight is 221 g/mol. The Morgan fingerprint density at radius 1 is 1.44 bits per heavy atom. The lowest BCUT2D eigenvalue weighted by molar-refractivity contribution is 0.548. The highest BCUT2D eigenvalue weighted by Crippen LogP contribution is 2.26. The van der Waals surface area contributed by atoms with Crippen LogP contribution in [0.25, 0.3) is 11.0 Å². The lowest BCUT2D eigenvalue weighted by Gasteiger charge is -1.93. The van der Waals surface area contributed by atoms with Crippen LogP contribution < -0.4 is 11.5 Å². The van der Waals surface area contributed by atoms with Gasteiger partial charge in [-0.3, -0.25) is 0 Å². The Kier molecular flexibility index (Phi) is 2.52. The Bertz CT molecular complexity index is 556. The highest BCUT2D eigenvalue weighted by molar-refractivity contribution is 5.82. The molecule has 0 saturated heterocycles. The van der Waals surface area contributed by atoms with Crippen LogP contribution in [0.15, 0.2) is 27.6 Å². The Balaban J connectivity index is 2.48. The average Bonchev–Trinajstić information content (AvgIpc) is 2.53. The van der Waals surface area contributed by atoms with Gasteiger partial charge in [0.25, 0.3) is 0 Å². The summed E-state index contributed by atoms with van der Waals surface area (Å²) in [5, 5.41) is 0.751. The zero-order valence-corrected chi connectivity index (χ0v) is 8.83. The van der Waals surface area contributed by atoms with Crippen molar-refractivity contribution in [2.24, 2.45) is 16.5 Å². The van der Waals surface area contributed by atoms with Crippen molar-refractivity contribution >= 4 is 16.9 Å². The van der Waals surface area contributed by atoms with Crippen molar-refractivity contribution in [2.75, 3.05) is 0 Å². The van der Waals surface area contributed by atoms with Crippen LogP contribution in [0.5, 0.6) is 0 Å². The lowest BCUT2D eigenvalue weighted by atomic mass is 10.1. The monoisotopic (exact) mass is 221 g/mol. The number of aryl methyl sites for hydroxylation is 1. The summed E-state index contributed by atoms with van der Waals surface area (Å²) in [6, 6.07) is 4.39. The van der Waals surface area contributed by atoms with Gasteiger partial charge >= 0.3 is 0 Å². The van der Waals surface area contributed by atoms with Crippen LogP contribution in [-0.2, 0) is 6.54 Å². The molecule has 4 N–H and O–H groups in total. The molecule has 0 bridgehead atoms. The molecule has 1 heterocycles. The van der Waals surface area contributed by atoms with Gasteiger partial charge in [-0.15, -0.1) is 0 Å². The van der Waals surface area contributed by atoms with Gasteiger partial charge < -0.3 is 15.9 Å². The van der Waals surface area contributed by atoms with Crippen LogP contribution in [0.1, 0.15) is 11.3 Å². The van der Waals surface area contributed by atoms with E-state index < -0.39 is 0 Å². The van der Waals surface area contributed by atoms with Crippen LogP contribution in [0, 0.1) is 12.7 Å². The predicted octanol–water partition coefficient (Wildman–Crippen LogP) is 1.65. The predicted molar refractivity (Wildman–Crippen MR) is 60.4 cm³/mol. The first-order valence-corrected chi connectivity index (χ1v) is 4.81. The molecule has 2 rings (SSSR count). The number of fused-ring (bicyclic) bond motifs is 1. The summed E-state index contributed by atoms with van der Waals surface area (Å²) in [5.74, 6) is 0.366. The number of rotatable bonds is 2. The van der Waals surface area contributed by atoms with Gasteiger partial charge in [-0.1, -0.05) is 0 Å². The minimum atomic E-state index is -0.287. The van der Waals surface area contributed by atoms with Gasteiger partial charge in [-0.2, -0.15) is 0 Å². The molecule has 1 aromatic carbocycles. The van der Waals surface area contributed by atoms with E-state index in [0.717, 1.165) is 10.9 Å². The summed E-state index contributed by atoms with van der Waals surface area (Å²) in [6.45, 7) is 2.12. The molecule has 0 saturated carbocycles. The standard InChI is InChI=1S/C11H12FN3O/c1-6-8-4-7(12)2-3-9(8)16-10(6)5-15-11(13)14/h2-4H,5H2,1H3,(H4,13,14,15). The number of hydrogen-bond acceptors (Lipinski definition) is 2. The summed E-state index contributed by atoms with van der Waals surface area (Å²) >= 11 is 0. The zero-order valence-electron chi connectivity index (χ0n) is 8.83. The molecular formula is C11H12FN3O. The van der Waals surface area contributed by atoms with Crippen molar-refractivity contribution in [3.05, 3.63) is 35.3 Å². The van der Waals surface area contributed by atoms with Crippen molar-refractivity contribution in [3.8, 4) is 0 Å². The fraction of sp³-hybridized carbons (Fsp3) is 0.182. The number of guanidine groups is 1. The summed E-state index contributed by atoms with van der Waals surface area (Å²) in [7, 11) is 0. The number of aliphatic imine (C=N–C) groups is 1. The summed E-state index contributed by atoms with van der Waals surface area (Å²) in [4.78, 5) is 3.86. The number of nitrogens with zero attached hydrogens (tertiary/aromatic N) is 1. The SMILES string of the molecule is Cc1c(CN=C(N)N)oc2ccc(F)cc12. The molecule has 4 nitrogen and oxygen atoms in total. The molecule has 16 heavy (non-hydrogen) atoms. The van der Waals surface area contributed by atoms with Crippen molar-refractivity contribution < 1.29 is 8.81 Å². The maximum absolute atomic E-state index is 13.0. The van der Waals surface area contributed by atoms with Gasteiger partial charge in [0, 0.05) is 10.9 Å². The molecule has 84 valence electrons. The van der Waals surface area contributed by atoms with Gasteiger partial charge in [0.05, 0.1) is 0 Å². The van der Waals surface area contributed by atoms with E-state index in [1.165, 1.54) is 12.1 Å². The third-order valence-corrected chi connectivity index (χ3v) is 2.40. The second kappa shape index (κ2) is 3.84. The van der Waals surface area contributed by atoms with Gasteiger partial charge in [0.1, 0.15) is 23.7 Å². The molecule has 2 aromatic rings. The van der Waals surface area contributed by atoms with Crippen molar-refractivity contribution in [1.82, 2.24) is 0 Å². The largest absolute Gasteiger partial charge is 0.459 e. The second-order valence-electron chi connectivity index (χ2n) is 3.53. The van der Waals surface area contributed by atoms with E-state index >= 15 is 0 Å². The van der Waals surface area contributed by atoms with Crippen LogP contribution in [-0.4, -0.2) is 5.96 Å². The minimum absolute atomic E-state index is 0.00559. The number of furan rings is 1. The maximum atomic E-state index is 13.0. The van der Waals surface area contributed by atoms with Crippen LogP contribution in [0.4, 0.5) is 4.39 Å². The highest BCUT2D eigenvalue weighted by atomic mass is 19.1. The van der Waals surface area contributed by atoms with E-state index in [1.807, 2.05) is 6.92 Å². The van der Waals surface area contributed by atoms with Crippen LogP contribution in [0.2, 0.25) is 0 Å². The molecule has 0 aliphatic carbocycles. The number of halogens is 1. The molecule has 0 spiro atoms. The van der Waals surface area contributed by atoms with Gasteiger partial charge in [0.2, 0.25) is 0 Å². The zero-order chi connectivity index (χ0) is 11.7. The number of nitrogens with two attached hydrogens (primary N) is 2. The van der Waals surface area contributed by atoms with E-state index in [0.29, 0.717) is 11.3 Å². The molecule has 0 fully saturated rings. The van der Waals surface area contributed by atoms with E-state index in [1.54, 1.807) is 6.07 Å². The summed E-state index contributed by atoms with van der Waals surface area (Å²) in [6.07, 6.45) is 0. The maximum Gasteiger partial charge on any atom is 0.186 e. The minimum Gasteiger partial charge on any atom is -0.459 e. The molecule has 0 amide bonds. The Morgan fingerprint density at radius 3 is 2.88 bits per heavy atom. The quantitative estimate of drug-likeness (QED) is 0.598. The van der Waals surface area contributed by atoms with Crippen molar-refractivity contribution in [3.63, 3.8) is 0 Å². The first-order chi connectivity index (χ1) is 7.58. The van der Waals surface area contributed by atoms with Crippen LogP contribution in [0.3, 0.4) is 0 Å². The summed E-state index contributed by atoms with van der Waals surface area (Å²) in [5.41, 5.74) is 12.0. The number of benzene rings is 1. The third kappa shape index (κ3) is 1.84. The van der Waals surface area contributed by atoms with Gasteiger partial charge in [-0.25, -0.2) is 9.38 Å². The topological polar surface area (TPSA) is 77.5 Å². The Hall–Kier alpha value is -2.04. The third-order valence-electron chi connectivity index (χ3n) is 2.40. The molecule has 5 heteroatoms. The molecule has 0 aliphatic heterocycles. The van der Waals surface area contributed by atoms with Crippen molar-refractivity contribution in [2.45, 2.75) is 13.5 Å². The normalized spacial score (nSPS) is 10.6. The first kappa shape index (κ1) is 10.5. The van der Waals surface area contributed by atoms with E-state index in [-0.39, 0.29) is 18.3 Å². The molecular weight excluding hydrogens is 209 g/mol. The molecule has 0 aliphatic rings. The van der Waals surface area contributed by atoms with E-state index in [4.69, 9.17) is 15.9 Å². The molecule has 0 radical (unpaired) electrons. The fourth-order valence-corrected chi connectivity index (χ4v) is 1.56. The first-order valence-electron chi connectivity index (χ1n) is 4.81. The highest BCUT2D eigenvalue weighted by Gasteiger charge is 2.10. The van der Waals surface area contributed by atoms with E-state index in [2.05, 4.69) is 4.99 Å². The van der Waals surface area contributed by atoms with E-state index in [9.17, 15) is 4.39 Å². The lowest BCUT2D eigenvalue weighted by Crippen LogP contribution is -2.22. The Morgan fingerprint density at radius 2 is 2.19 bits per heavy atom. The summed E-state index contributed by atoms with van der Waals surface area (Å²) < 4.78 is 18.6. The Labute approximate surface area is 91.7 Å². The fourth-order valence-electron chi connectivity index (χ4n) is 1.56. The molecule has 0 unspecified atom stereocenters.